The highest BCUT2D eigenvalue weighted by molar-refractivity contribution is 5.02. The van der Waals surface area contributed by atoms with Gasteiger partial charge in [0.25, 0.3) is 0 Å². The van der Waals surface area contributed by atoms with E-state index in [9.17, 15) is 4.79 Å². The largest absolute Gasteiger partial charge is 0.325 e. The Kier molecular flexibility index (Phi) is 1.09. The summed E-state index contributed by atoms with van der Waals surface area (Å²) >= 11 is 0. The van der Waals surface area contributed by atoms with Crippen LogP contribution in [0.25, 0.3) is 0 Å². The molecule has 2 rings (SSSR count). The number of rotatable bonds is 1. The maximum Gasteiger partial charge on any atom is 0.325 e. The minimum atomic E-state index is 0.0144. The first-order valence-corrected chi connectivity index (χ1v) is 3.87. The van der Waals surface area contributed by atoms with E-state index >= 15 is 0 Å². The Balaban J connectivity index is 2.34. The molecule has 0 spiro atoms. The number of H-pyrrole nitrogens is 1. The lowest BCUT2D eigenvalue weighted by molar-refractivity contribution is 0.531. The molecule has 1 aromatic heterocycles. The predicted molar refractivity (Wildman–Crippen MR) is 42.5 cm³/mol. The summed E-state index contributed by atoms with van der Waals surface area (Å²) in [5.41, 5.74) is 0.340. The van der Waals surface area contributed by atoms with Crippen molar-refractivity contribution in [1.82, 2.24) is 9.55 Å². The zero-order chi connectivity index (χ0) is 8.06. The van der Waals surface area contributed by atoms with Gasteiger partial charge in [-0.3, -0.25) is 4.57 Å². The van der Waals surface area contributed by atoms with Gasteiger partial charge in [-0.05, 0) is 11.8 Å². The third-order valence-corrected chi connectivity index (χ3v) is 2.47. The quantitative estimate of drug-likeness (QED) is 0.644. The zero-order valence-corrected chi connectivity index (χ0v) is 6.79. The van der Waals surface area contributed by atoms with E-state index in [1.807, 2.05) is 6.20 Å². The first kappa shape index (κ1) is 6.70. The molecule has 3 heteroatoms. The van der Waals surface area contributed by atoms with Gasteiger partial charge in [0.2, 0.25) is 0 Å². The molecule has 0 amide bonds. The number of aromatic nitrogens is 2. The van der Waals surface area contributed by atoms with E-state index in [1.165, 1.54) is 0 Å². The third kappa shape index (κ3) is 0.914. The summed E-state index contributed by atoms with van der Waals surface area (Å²) in [6.07, 6.45) is 4.63. The van der Waals surface area contributed by atoms with Crippen LogP contribution in [0.4, 0.5) is 0 Å². The number of aromatic amines is 1. The zero-order valence-electron chi connectivity index (χ0n) is 6.79. The van der Waals surface area contributed by atoms with Crippen LogP contribution in [-0.2, 0) is 0 Å². The first-order chi connectivity index (χ1) is 5.11. The van der Waals surface area contributed by atoms with E-state index < -0.39 is 0 Å². The van der Waals surface area contributed by atoms with Gasteiger partial charge in [-0.25, -0.2) is 4.79 Å². The topological polar surface area (TPSA) is 37.8 Å². The van der Waals surface area contributed by atoms with Crippen LogP contribution in [0.3, 0.4) is 0 Å². The van der Waals surface area contributed by atoms with Crippen LogP contribution in [0.1, 0.15) is 26.3 Å². The Morgan fingerprint density at radius 2 is 2.36 bits per heavy atom. The molecule has 1 aromatic rings. The maximum atomic E-state index is 11.1. The number of hydrogen-bond donors (Lipinski definition) is 1. The summed E-state index contributed by atoms with van der Waals surface area (Å²) in [6, 6.07) is 0.418. The molecule has 0 radical (unpaired) electrons. The number of nitrogens with one attached hydrogen (secondary N) is 1. The number of hydrogen-bond acceptors (Lipinski definition) is 1. The van der Waals surface area contributed by atoms with Gasteiger partial charge in [-0.1, -0.05) is 13.8 Å². The van der Waals surface area contributed by atoms with Gasteiger partial charge in [0.05, 0.1) is 0 Å². The number of imidazole rings is 1. The fourth-order valence-corrected chi connectivity index (χ4v) is 1.49. The molecule has 1 aliphatic rings. The van der Waals surface area contributed by atoms with E-state index in [-0.39, 0.29) is 5.69 Å². The molecule has 1 N–H and O–H groups in total. The molecule has 1 saturated carbocycles. The van der Waals surface area contributed by atoms with Crippen molar-refractivity contribution in [1.29, 1.82) is 0 Å². The molecule has 1 unspecified atom stereocenters. The van der Waals surface area contributed by atoms with Gasteiger partial charge in [-0.2, -0.15) is 0 Å². The van der Waals surface area contributed by atoms with Crippen molar-refractivity contribution in [2.75, 3.05) is 0 Å². The van der Waals surface area contributed by atoms with Crippen molar-refractivity contribution >= 4 is 0 Å². The summed E-state index contributed by atoms with van der Waals surface area (Å²) in [5.74, 6) is 0. The third-order valence-electron chi connectivity index (χ3n) is 2.47. The van der Waals surface area contributed by atoms with Gasteiger partial charge in [-0.15, -0.1) is 0 Å². The minimum Gasteiger partial charge on any atom is -0.313 e. The molecular weight excluding hydrogens is 140 g/mol. The smallest absolute Gasteiger partial charge is 0.313 e. The highest BCUT2D eigenvalue weighted by Crippen LogP contribution is 2.54. The van der Waals surface area contributed by atoms with Crippen molar-refractivity contribution in [3.63, 3.8) is 0 Å². The highest BCUT2D eigenvalue weighted by Gasteiger charge is 2.47. The summed E-state index contributed by atoms with van der Waals surface area (Å²) < 4.78 is 1.78. The molecule has 1 fully saturated rings. The van der Waals surface area contributed by atoms with E-state index in [0.717, 1.165) is 6.42 Å². The van der Waals surface area contributed by atoms with Crippen molar-refractivity contribution < 1.29 is 0 Å². The molecule has 0 aliphatic heterocycles. The van der Waals surface area contributed by atoms with Crippen LogP contribution in [0.2, 0.25) is 0 Å². The van der Waals surface area contributed by atoms with E-state index in [0.29, 0.717) is 11.5 Å². The van der Waals surface area contributed by atoms with Crippen molar-refractivity contribution in [2.45, 2.75) is 26.3 Å². The molecule has 11 heavy (non-hydrogen) atoms. The van der Waals surface area contributed by atoms with Gasteiger partial charge in [0.1, 0.15) is 0 Å². The fraction of sp³-hybridized carbons (Fsp3) is 0.625. The summed E-state index contributed by atoms with van der Waals surface area (Å²) in [4.78, 5) is 13.7. The second kappa shape index (κ2) is 1.78. The van der Waals surface area contributed by atoms with E-state index in [4.69, 9.17) is 0 Å². The summed E-state index contributed by atoms with van der Waals surface area (Å²) in [6.45, 7) is 4.36. The van der Waals surface area contributed by atoms with Crippen LogP contribution >= 0.6 is 0 Å². The Morgan fingerprint density at radius 1 is 1.73 bits per heavy atom. The minimum absolute atomic E-state index is 0.0144. The van der Waals surface area contributed by atoms with E-state index in [1.54, 1.807) is 10.8 Å². The van der Waals surface area contributed by atoms with Crippen LogP contribution in [0.15, 0.2) is 17.2 Å². The molecule has 1 atom stereocenters. The fourth-order valence-electron chi connectivity index (χ4n) is 1.49. The predicted octanol–water partition coefficient (Wildman–Crippen LogP) is 1.15. The van der Waals surface area contributed by atoms with E-state index in [2.05, 4.69) is 18.8 Å². The van der Waals surface area contributed by atoms with Crippen molar-refractivity contribution in [2.24, 2.45) is 5.41 Å². The highest BCUT2D eigenvalue weighted by atomic mass is 16.1. The lowest BCUT2D eigenvalue weighted by Crippen LogP contribution is -2.16. The number of nitrogens with zero attached hydrogens (tertiary/aromatic N) is 1. The van der Waals surface area contributed by atoms with Gasteiger partial charge in [0.15, 0.2) is 0 Å². The standard InChI is InChI=1S/C8H12N2O/c1-8(2)5-6(8)10-4-3-9-7(10)11/h3-4,6H,5H2,1-2H3,(H,9,11). The second-order valence-corrected chi connectivity index (χ2v) is 3.88. The molecular formula is C8H12N2O. The molecule has 1 aliphatic carbocycles. The van der Waals surface area contributed by atoms with Gasteiger partial charge >= 0.3 is 5.69 Å². The Morgan fingerprint density at radius 3 is 2.73 bits per heavy atom. The Labute approximate surface area is 65.1 Å². The SMILES string of the molecule is CC1(C)CC1n1cc[nH]c1=O. The summed E-state index contributed by atoms with van der Waals surface area (Å²) in [7, 11) is 0. The van der Waals surface area contributed by atoms with Crippen LogP contribution in [0.5, 0.6) is 0 Å². The molecule has 0 saturated heterocycles. The molecule has 0 bridgehead atoms. The molecule has 1 heterocycles. The lowest BCUT2D eigenvalue weighted by atomic mass is 10.2. The lowest BCUT2D eigenvalue weighted by Gasteiger charge is -2.01. The Hall–Kier alpha value is -0.990. The van der Waals surface area contributed by atoms with Gasteiger partial charge in [0, 0.05) is 18.4 Å². The van der Waals surface area contributed by atoms with Crippen LogP contribution in [-0.4, -0.2) is 9.55 Å². The first-order valence-electron chi connectivity index (χ1n) is 3.87. The van der Waals surface area contributed by atoms with Gasteiger partial charge < -0.3 is 4.98 Å². The molecule has 3 nitrogen and oxygen atoms in total. The normalized spacial score (nSPS) is 26.9. The average Bonchev–Trinajstić information content (AvgIpc) is 2.38. The van der Waals surface area contributed by atoms with Crippen LogP contribution in [0, 0.1) is 5.41 Å². The molecule has 60 valence electrons. The average molecular weight is 152 g/mol. The monoisotopic (exact) mass is 152 g/mol. The van der Waals surface area contributed by atoms with Crippen molar-refractivity contribution in [3.8, 4) is 0 Å². The van der Waals surface area contributed by atoms with Crippen LogP contribution < -0.4 is 5.69 Å². The van der Waals surface area contributed by atoms with Crippen molar-refractivity contribution in [3.05, 3.63) is 22.9 Å². The molecule has 0 aromatic carbocycles. The Bertz CT molecular complexity index is 321. The summed E-state index contributed by atoms with van der Waals surface area (Å²) in [5, 5.41) is 0. The second-order valence-electron chi connectivity index (χ2n) is 3.88. The maximum absolute atomic E-state index is 11.1.